The molecule has 37 heavy (non-hydrogen) atoms. The van der Waals surface area contributed by atoms with E-state index in [-0.39, 0.29) is 23.8 Å². The predicted octanol–water partition coefficient (Wildman–Crippen LogP) is 3.43. The maximum absolute atomic E-state index is 13.7. The normalized spacial score (nSPS) is 31.9. The second-order valence-corrected chi connectivity index (χ2v) is 12.9. The van der Waals surface area contributed by atoms with Crippen molar-refractivity contribution < 1.29 is 22.7 Å². The summed E-state index contributed by atoms with van der Waals surface area (Å²) in [5.74, 6) is 0.430. The summed E-state index contributed by atoms with van der Waals surface area (Å²) in [6.45, 7) is 6.96. The summed E-state index contributed by atoms with van der Waals surface area (Å²) in [6, 6.07) is 15.0. The fourth-order valence-electron chi connectivity index (χ4n) is 7.86. The lowest BCUT2D eigenvalue weighted by Gasteiger charge is -2.65. The minimum absolute atomic E-state index is 0.0257. The van der Waals surface area contributed by atoms with Crippen LogP contribution in [-0.4, -0.2) is 67.5 Å². The molecule has 2 aliphatic carbocycles. The number of hydrogen-bond donors (Lipinski definition) is 0. The molecule has 1 saturated heterocycles. The Hall–Kier alpha value is -2.68. The van der Waals surface area contributed by atoms with Gasteiger partial charge in [-0.1, -0.05) is 48.5 Å². The van der Waals surface area contributed by atoms with Gasteiger partial charge in [-0.3, -0.25) is 9.69 Å². The average Bonchev–Trinajstić information content (AvgIpc) is 3.20. The Labute approximate surface area is 219 Å². The number of sulfonamides is 1. The van der Waals surface area contributed by atoms with Crippen LogP contribution in [0.2, 0.25) is 0 Å². The van der Waals surface area contributed by atoms with E-state index in [1.165, 1.54) is 16.8 Å². The van der Waals surface area contributed by atoms with E-state index >= 15 is 0 Å². The topological polar surface area (TPSA) is 76.2 Å². The number of hydrogen-bond acceptors (Lipinski definition) is 6. The summed E-state index contributed by atoms with van der Waals surface area (Å²) in [5.41, 5.74) is 1.69. The van der Waals surface area contributed by atoms with Gasteiger partial charge < -0.3 is 9.47 Å². The van der Waals surface area contributed by atoms with Crippen LogP contribution in [0.4, 0.5) is 0 Å². The van der Waals surface area contributed by atoms with Gasteiger partial charge in [0.1, 0.15) is 17.5 Å². The first-order valence-corrected chi connectivity index (χ1v) is 14.7. The van der Waals surface area contributed by atoms with Gasteiger partial charge in [-0.2, -0.15) is 4.31 Å². The first-order valence-electron chi connectivity index (χ1n) is 13.1. The molecule has 196 valence electrons. The molecule has 0 unspecified atom stereocenters. The molecule has 1 saturated carbocycles. The third kappa shape index (κ3) is 3.45. The van der Waals surface area contributed by atoms with E-state index in [1.807, 2.05) is 48.5 Å². The highest BCUT2D eigenvalue weighted by molar-refractivity contribution is 7.88. The third-order valence-electron chi connectivity index (χ3n) is 9.19. The highest BCUT2D eigenvalue weighted by Gasteiger charge is 2.75. The van der Waals surface area contributed by atoms with Crippen LogP contribution in [0.3, 0.4) is 0 Å². The molecular weight excluding hydrogens is 488 g/mol. The first kappa shape index (κ1) is 24.6. The number of rotatable bonds is 7. The average molecular weight is 523 g/mol. The fraction of sp³-hybridized carbons (Fsp3) is 0.483. The van der Waals surface area contributed by atoms with E-state index in [4.69, 9.17) is 9.47 Å². The van der Waals surface area contributed by atoms with Crippen molar-refractivity contribution in [1.82, 2.24) is 9.21 Å². The summed E-state index contributed by atoms with van der Waals surface area (Å²) in [5, 5.41) is 0. The van der Waals surface area contributed by atoms with Crippen LogP contribution in [0.1, 0.15) is 42.9 Å². The van der Waals surface area contributed by atoms with Crippen molar-refractivity contribution >= 4 is 16.0 Å². The van der Waals surface area contributed by atoms with Crippen LogP contribution in [0.25, 0.3) is 0 Å². The summed E-state index contributed by atoms with van der Waals surface area (Å²) in [7, 11) is -1.94. The first-order chi connectivity index (χ1) is 17.7. The smallest absolute Gasteiger partial charge is 0.303 e. The number of piperidine rings is 1. The maximum Gasteiger partial charge on any atom is 0.303 e. The lowest BCUT2D eigenvalue weighted by Crippen LogP contribution is -2.79. The van der Waals surface area contributed by atoms with Gasteiger partial charge in [0.25, 0.3) is 0 Å². The quantitative estimate of drug-likeness (QED) is 0.410. The van der Waals surface area contributed by atoms with E-state index in [1.54, 1.807) is 7.05 Å². The number of esters is 1. The standard InChI is InChI=1S/C29H34N2O5S/c1-4-16-31-17-15-28-26-22-11-8-12-24(26)35-27(28)23(13-14-29(28,25(31)18-22)36-20(2)32)30(3)37(33,34)19-21-9-6-5-7-10-21/h4-12,23,25,27H,1,13-19H2,2-3H3/t23-,25-,27+,28+,29-/m1/s1. The molecule has 1 spiro atoms. The van der Waals surface area contributed by atoms with Crippen molar-refractivity contribution in [2.24, 2.45) is 0 Å². The number of benzene rings is 2. The van der Waals surface area contributed by atoms with Gasteiger partial charge in [0, 0.05) is 32.6 Å². The molecule has 0 radical (unpaired) electrons. The lowest BCUT2D eigenvalue weighted by atomic mass is 9.48. The summed E-state index contributed by atoms with van der Waals surface area (Å²) in [6.07, 6.45) is 4.07. The van der Waals surface area contributed by atoms with Crippen molar-refractivity contribution in [2.45, 2.75) is 67.6 Å². The number of likely N-dealkylation sites (N-methyl/N-ethyl adjacent to an activating group) is 1. The van der Waals surface area contributed by atoms with Gasteiger partial charge in [-0.05, 0) is 42.9 Å². The molecule has 5 atom stereocenters. The Morgan fingerprint density at radius 3 is 2.73 bits per heavy atom. The molecule has 2 aromatic carbocycles. The van der Waals surface area contributed by atoms with Crippen LogP contribution < -0.4 is 4.74 Å². The van der Waals surface area contributed by atoms with Crippen molar-refractivity contribution in [3.05, 3.63) is 77.9 Å². The molecule has 2 fully saturated rings. The zero-order valence-electron chi connectivity index (χ0n) is 21.4. The van der Waals surface area contributed by atoms with Crippen molar-refractivity contribution in [3.8, 4) is 5.75 Å². The van der Waals surface area contributed by atoms with Gasteiger partial charge in [-0.15, -0.1) is 6.58 Å². The highest BCUT2D eigenvalue weighted by Crippen LogP contribution is 2.65. The Morgan fingerprint density at radius 2 is 2.00 bits per heavy atom. The molecule has 4 aliphatic rings. The van der Waals surface area contributed by atoms with Crippen LogP contribution in [0, 0.1) is 0 Å². The van der Waals surface area contributed by atoms with Gasteiger partial charge in [0.15, 0.2) is 0 Å². The van der Waals surface area contributed by atoms with Crippen molar-refractivity contribution in [2.75, 3.05) is 20.1 Å². The molecule has 0 aromatic heterocycles. The Balaban J connectivity index is 1.47. The number of nitrogens with zero attached hydrogens (tertiary/aromatic N) is 2. The molecule has 7 nitrogen and oxygen atoms in total. The Kier molecular flexibility index (Phi) is 5.78. The van der Waals surface area contributed by atoms with Crippen LogP contribution in [-0.2, 0) is 37.1 Å². The second kappa shape index (κ2) is 8.68. The van der Waals surface area contributed by atoms with E-state index in [0.29, 0.717) is 19.4 Å². The summed E-state index contributed by atoms with van der Waals surface area (Å²) >= 11 is 0. The zero-order chi connectivity index (χ0) is 26.0. The maximum atomic E-state index is 13.7. The Bertz CT molecular complexity index is 1350. The van der Waals surface area contributed by atoms with E-state index in [9.17, 15) is 13.2 Å². The summed E-state index contributed by atoms with van der Waals surface area (Å²) in [4.78, 5) is 15.0. The molecule has 2 heterocycles. The summed E-state index contributed by atoms with van der Waals surface area (Å²) < 4.78 is 42.0. The Morgan fingerprint density at radius 1 is 1.22 bits per heavy atom. The molecule has 0 N–H and O–H groups in total. The van der Waals surface area contributed by atoms with Gasteiger partial charge in [0.05, 0.1) is 23.3 Å². The molecule has 0 amide bonds. The minimum Gasteiger partial charge on any atom is -0.487 e. The zero-order valence-corrected chi connectivity index (χ0v) is 22.2. The molecule has 2 aliphatic heterocycles. The molecule has 2 bridgehead atoms. The third-order valence-corrected chi connectivity index (χ3v) is 11.0. The van der Waals surface area contributed by atoms with Crippen LogP contribution in [0.5, 0.6) is 5.75 Å². The monoisotopic (exact) mass is 522 g/mol. The lowest BCUT2D eigenvalue weighted by molar-refractivity contribution is -0.220. The van der Waals surface area contributed by atoms with E-state index < -0.39 is 27.1 Å². The molecular formula is C29H34N2O5S. The van der Waals surface area contributed by atoms with Gasteiger partial charge in [-0.25, -0.2) is 8.42 Å². The SMILES string of the molecule is C=CCN1CC[C@]23c4c5cccc4O[C@H]2[C@H](N(C)S(=O)(=O)Cc2ccccc2)CC[C@@]3(OC(C)=O)[C@H]1C5. The number of carbonyl (C=O) groups is 1. The predicted molar refractivity (Wildman–Crippen MR) is 141 cm³/mol. The number of ether oxygens (including phenoxy) is 2. The van der Waals surface area contributed by atoms with Crippen LogP contribution >= 0.6 is 0 Å². The number of likely N-dealkylation sites (tertiary alicyclic amines) is 1. The fourth-order valence-corrected chi connectivity index (χ4v) is 9.30. The van der Waals surface area contributed by atoms with E-state index in [0.717, 1.165) is 36.3 Å². The molecule has 2 aromatic rings. The van der Waals surface area contributed by atoms with E-state index in [2.05, 4.69) is 17.5 Å². The largest absolute Gasteiger partial charge is 0.487 e. The molecule has 6 rings (SSSR count). The highest BCUT2D eigenvalue weighted by atomic mass is 32.2. The minimum atomic E-state index is -3.62. The van der Waals surface area contributed by atoms with Crippen molar-refractivity contribution in [1.29, 1.82) is 0 Å². The van der Waals surface area contributed by atoms with Crippen LogP contribution in [0.15, 0.2) is 61.2 Å². The van der Waals surface area contributed by atoms with Crippen molar-refractivity contribution in [3.63, 3.8) is 0 Å². The second-order valence-electron chi connectivity index (χ2n) is 10.9. The van der Waals surface area contributed by atoms with Gasteiger partial charge in [0.2, 0.25) is 10.0 Å². The van der Waals surface area contributed by atoms with Gasteiger partial charge >= 0.3 is 5.97 Å². The molecule has 8 heteroatoms. The number of carbonyl (C=O) groups excluding carboxylic acids is 1.